The first-order chi connectivity index (χ1) is 8.10. The molecule has 1 aromatic carbocycles. The van der Waals surface area contributed by atoms with E-state index in [1.807, 2.05) is 44.2 Å². The van der Waals surface area contributed by atoms with Gasteiger partial charge >= 0.3 is 5.97 Å². The van der Waals surface area contributed by atoms with Gasteiger partial charge in [0.2, 0.25) is 0 Å². The van der Waals surface area contributed by atoms with E-state index in [4.69, 9.17) is 9.47 Å². The lowest BCUT2D eigenvalue weighted by Crippen LogP contribution is -2.06. The SMILES string of the molecule is CC1OC1(C)/C=C/C(=O)OCc1ccccc1. The summed E-state index contributed by atoms with van der Waals surface area (Å²) in [5, 5.41) is 0. The second kappa shape index (κ2) is 4.72. The summed E-state index contributed by atoms with van der Waals surface area (Å²) in [5.74, 6) is -0.335. The van der Waals surface area contributed by atoms with Gasteiger partial charge in [0.25, 0.3) is 0 Å². The molecule has 0 spiro atoms. The van der Waals surface area contributed by atoms with Gasteiger partial charge in [0.15, 0.2) is 0 Å². The van der Waals surface area contributed by atoms with Crippen molar-refractivity contribution in [1.29, 1.82) is 0 Å². The van der Waals surface area contributed by atoms with Crippen LogP contribution in [-0.4, -0.2) is 17.7 Å². The molecule has 0 bridgehead atoms. The molecular weight excluding hydrogens is 216 g/mol. The van der Waals surface area contributed by atoms with Gasteiger partial charge in [-0.2, -0.15) is 0 Å². The molecule has 1 aliphatic heterocycles. The first-order valence-electron chi connectivity index (χ1n) is 5.68. The van der Waals surface area contributed by atoms with Crippen LogP contribution >= 0.6 is 0 Å². The molecule has 2 rings (SSSR count). The van der Waals surface area contributed by atoms with Crippen molar-refractivity contribution >= 4 is 5.97 Å². The summed E-state index contributed by atoms with van der Waals surface area (Å²) in [6.07, 6.45) is 3.37. The van der Waals surface area contributed by atoms with Crippen LogP contribution in [-0.2, 0) is 20.9 Å². The average molecular weight is 232 g/mol. The van der Waals surface area contributed by atoms with Crippen molar-refractivity contribution in [2.45, 2.75) is 32.2 Å². The molecule has 0 saturated carbocycles. The second-order valence-corrected chi connectivity index (χ2v) is 4.37. The standard InChI is InChI=1S/C14H16O3/c1-11-14(2,17-11)9-8-13(15)16-10-12-6-4-3-5-7-12/h3-9,11H,10H2,1-2H3/b9-8+. The van der Waals surface area contributed by atoms with E-state index in [1.165, 1.54) is 6.08 Å². The molecule has 2 atom stereocenters. The van der Waals surface area contributed by atoms with Crippen LogP contribution in [0.15, 0.2) is 42.5 Å². The largest absolute Gasteiger partial charge is 0.458 e. The summed E-state index contributed by atoms with van der Waals surface area (Å²) in [6.45, 7) is 4.22. The predicted molar refractivity (Wildman–Crippen MR) is 64.3 cm³/mol. The highest BCUT2D eigenvalue weighted by atomic mass is 16.6. The molecule has 0 aromatic heterocycles. The molecule has 1 aromatic rings. The molecule has 1 saturated heterocycles. The van der Waals surface area contributed by atoms with Crippen LogP contribution in [0.1, 0.15) is 19.4 Å². The van der Waals surface area contributed by atoms with Gasteiger partial charge in [-0.1, -0.05) is 30.3 Å². The van der Waals surface area contributed by atoms with Gasteiger partial charge in [0, 0.05) is 6.08 Å². The number of benzene rings is 1. The Bertz CT molecular complexity index is 424. The number of hydrogen-bond acceptors (Lipinski definition) is 3. The highest BCUT2D eigenvalue weighted by molar-refractivity contribution is 5.82. The Labute approximate surface area is 101 Å². The Morgan fingerprint density at radius 2 is 2.12 bits per heavy atom. The minimum atomic E-state index is -0.335. The first kappa shape index (κ1) is 11.9. The Balaban J connectivity index is 1.79. The second-order valence-electron chi connectivity index (χ2n) is 4.37. The zero-order chi connectivity index (χ0) is 12.3. The van der Waals surface area contributed by atoms with Crippen molar-refractivity contribution in [1.82, 2.24) is 0 Å². The van der Waals surface area contributed by atoms with E-state index in [-0.39, 0.29) is 17.7 Å². The van der Waals surface area contributed by atoms with Gasteiger partial charge in [-0.3, -0.25) is 0 Å². The normalized spacial score (nSPS) is 27.1. The molecule has 0 radical (unpaired) electrons. The molecule has 1 aliphatic rings. The van der Waals surface area contributed by atoms with Crippen LogP contribution < -0.4 is 0 Å². The monoisotopic (exact) mass is 232 g/mol. The van der Waals surface area contributed by atoms with Crippen LogP contribution in [0.5, 0.6) is 0 Å². The zero-order valence-corrected chi connectivity index (χ0v) is 10.1. The third-order valence-corrected chi connectivity index (χ3v) is 2.95. The lowest BCUT2D eigenvalue weighted by atomic mass is 10.1. The Morgan fingerprint density at radius 1 is 1.47 bits per heavy atom. The van der Waals surface area contributed by atoms with Gasteiger partial charge in [-0.15, -0.1) is 0 Å². The maximum absolute atomic E-state index is 11.4. The number of esters is 1. The third kappa shape index (κ3) is 3.17. The quantitative estimate of drug-likeness (QED) is 0.455. The van der Waals surface area contributed by atoms with Gasteiger partial charge in [-0.25, -0.2) is 4.79 Å². The van der Waals surface area contributed by atoms with Crippen molar-refractivity contribution in [2.24, 2.45) is 0 Å². The molecule has 0 N–H and O–H groups in total. The molecule has 2 unspecified atom stereocenters. The minimum absolute atomic E-state index is 0.181. The highest BCUT2D eigenvalue weighted by Crippen LogP contribution is 2.36. The number of carbonyl (C=O) groups is 1. The molecule has 17 heavy (non-hydrogen) atoms. The van der Waals surface area contributed by atoms with Crippen molar-refractivity contribution in [3.05, 3.63) is 48.0 Å². The third-order valence-electron chi connectivity index (χ3n) is 2.95. The van der Waals surface area contributed by atoms with Gasteiger partial charge in [0.1, 0.15) is 12.2 Å². The number of rotatable bonds is 4. The molecule has 0 amide bonds. The van der Waals surface area contributed by atoms with E-state index >= 15 is 0 Å². The van der Waals surface area contributed by atoms with Crippen LogP contribution in [0.25, 0.3) is 0 Å². The number of hydrogen-bond donors (Lipinski definition) is 0. The summed E-state index contributed by atoms with van der Waals surface area (Å²) in [7, 11) is 0. The Kier molecular flexibility index (Phi) is 3.29. The average Bonchev–Trinajstić information content (AvgIpc) is 2.94. The summed E-state index contributed by atoms with van der Waals surface area (Å²) in [4.78, 5) is 11.4. The van der Waals surface area contributed by atoms with Crippen molar-refractivity contribution in [3.63, 3.8) is 0 Å². The Hall–Kier alpha value is -1.61. The van der Waals surface area contributed by atoms with Gasteiger partial charge in [0.05, 0.1) is 6.10 Å². The van der Waals surface area contributed by atoms with Crippen molar-refractivity contribution in [3.8, 4) is 0 Å². The van der Waals surface area contributed by atoms with E-state index in [0.717, 1.165) is 5.56 Å². The molecule has 90 valence electrons. The summed E-state index contributed by atoms with van der Waals surface area (Å²) >= 11 is 0. The fourth-order valence-electron chi connectivity index (χ4n) is 1.53. The Morgan fingerprint density at radius 3 is 2.71 bits per heavy atom. The lowest BCUT2D eigenvalue weighted by molar-refractivity contribution is -0.139. The predicted octanol–water partition coefficient (Wildman–Crippen LogP) is 2.46. The maximum Gasteiger partial charge on any atom is 0.330 e. The van der Waals surface area contributed by atoms with Crippen molar-refractivity contribution in [2.75, 3.05) is 0 Å². The van der Waals surface area contributed by atoms with Crippen LogP contribution in [0.4, 0.5) is 0 Å². The van der Waals surface area contributed by atoms with Crippen LogP contribution in [0.2, 0.25) is 0 Å². The van der Waals surface area contributed by atoms with Crippen LogP contribution in [0, 0.1) is 0 Å². The lowest BCUT2D eigenvalue weighted by Gasteiger charge is -2.02. The number of ether oxygens (including phenoxy) is 2. The number of epoxide rings is 1. The topological polar surface area (TPSA) is 38.8 Å². The number of carbonyl (C=O) groups excluding carboxylic acids is 1. The fourth-order valence-corrected chi connectivity index (χ4v) is 1.53. The van der Waals surface area contributed by atoms with E-state index < -0.39 is 0 Å². The van der Waals surface area contributed by atoms with E-state index in [0.29, 0.717) is 6.61 Å². The summed E-state index contributed by atoms with van der Waals surface area (Å²) < 4.78 is 10.4. The van der Waals surface area contributed by atoms with Gasteiger partial charge in [-0.05, 0) is 25.5 Å². The minimum Gasteiger partial charge on any atom is -0.458 e. The molecule has 3 heteroatoms. The summed E-state index contributed by atoms with van der Waals surface area (Å²) in [5.41, 5.74) is 0.697. The highest BCUT2D eigenvalue weighted by Gasteiger charge is 2.46. The smallest absolute Gasteiger partial charge is 0.330 e. The van der Waals surface area contributed by atoms with E-state index in [9.17, 15) is 4.79 Å². The molecule has 0 aliphatic carbocycles. The van der Waals surface area contributed by atoms with E-state index in [2.05, 4.69) is 0 Å². The molecule has 1 fully saturated rings. The molecule has 1 heterocycles. The molecule has 3 nitrogen and oxygen atoms in total. The van der Waals surface area contributed by atoms with Crippen molar-refractivity contribution < 1.29 is 14.3 Å². The zero-order valence-electron chi connectivity index (χ0n) is 10.1. The van der Waals surface area contributed by atoms with Gasteiger partial charge < -0.3 is 9.47 Å². The first-order valence-corrected chi connectivity index (χ1v) is 5.68. The summed E-state index contributed by atoms with van der Waals surface area (Å²) in [6, 6.07) is 9.60. The fraction of sp³-hybridized carbons (Fsp3) is 0.357. The van der Waals surface area contributed by atoms with E-state index in [1.54, 1.807) is 6.08 Å². The molecular formula is C14H16O3. The van der Waals surface area contributed by atoms with Crippen LogP contribution in [0.3, 0.4) is 0 Å². The maximum atomic E-state index is 11.4.